The molecule has 5 atom stereocenters. The topological polar surface area (TPSA) is 463 Å². The van der Waals surface area contributed by atoms with Crippen molar-refractivity contribution in [2.75, 3.05) is 98.2 Å². The number of carbonyl (C=O) groups excluding carboxylic acids is 14. The molecule has 2 aromatic carbocycles. The van der Waals surface area contributed by atoms with Crippen LogP contribution in [0.5, 0.6) is 0 Å². The molecule has 0 fully saturated rings. The van der Waals surface area contributed by atoms with E-state index in [1.165, 1.54) is 0 Å². The first kappa shape index (κ1) is 124. The first-order chi connectivity index (χ1) is 65.9. The van der Waals surface area contributed by atoms with Gasteiger partial charge in [-0.2, -0.15) is 0 Å². The van der Waals surface area contributed by atoms with Gasteiger partial charge in [0.15, 0.2) is 0 Å². The van der Waals surface area contributed by atoms with E-state index in [4.69, 9.17) is 28.4 Å². The van der Waals surface area contributed by atoms with Crippen LogP contribution < -0.4 is 74.4 Å². The third-order valence-electron chi connectivity index (χ3n) is 22.3. The number of esters is 5. The van der Waals surface area contributed by atoms with Crippen molar-refractivity contribution < 1.29 is 95.5 Å². The molecule has 1 aliphatic carbocycles. The number of unbranched alkanes of at least 4 members (excludes halogenated alkanes) is 11. The van der Waals surface area contributed by atoms with Crippen LogP contribution in [0.1, 0.15) is 365 Å². The number of rotatable bonds is 76. The molecular weight excluding hydrogens is 1780 g/mol. The van der Waals surface area contributed by atoms with Crippen LogP contribution in [0.4, 0.5) is 4.79 Å². The maximum Gasteiger partial charge on any atom is 0.407 e. The summed E-state index contributed by atoms with van der Waals surface area (Å²) >= 11 is 0. The van der Waals surface area contributed by atoms with Crippen molar-refractivity contribution in [1.82, 2.24) is 74.4 Å². The predicted molar refractivity (Wildman–Crippen MR) is 542 cm³/mol. The third kappa shape index (κ3) is 63.9. The number of amides is 9. The van der Waals surface area contributed by atoms with Crippen LogP contribution in [0.3, 0.4) is 0 Å². The van der Waals surface area contributed by atoms with E-state index >= 15 is 19.2 Å². The van der Waals surface area contributed by atoms with Gasteiger partial charge in [0.25, 0.3) is 0 Å². The minimum Gasteiger partial charge on any atom is -0.460 e. The van der Waals surface area contributed by atoms with Crippen molar-refractivity contribution in [3.63, 3.8) is 0 Å². The van der Waals surface area contributed by atoms with Crippen LogP contribution in [0.15, 0.2) is 48.5 Å². The first-order valence-electron chi connectivity index (χ1n) is 51.9. The molecule has 0 aromatic heterocycles. The number of ether oxygens (including phenoxy) is 6. The summed E-state index contributed by atoms with van der Waals surface area (Å²) in [4.78, 5) is 190. The quantitative estimate of drug-likeness (QED) is 0.0166. The normalized spacial score (nSPS) is 13.2. The Bertz CT molecular complexity index is 3900. The van der Waals surface area contributed by atoms with Crippen molar-refractivity contribution in [2.45, 2.75) is 412 Å². The number of fused-ring (bicyclic) bond motifs is 3. The molecule has 9 amide bonds. The Morgan fingerprint density at radius 3 is 0.813 bits per heavy atom. The van der Waals surface area contributed by atoms with Crippen LogP contribution in [0.25, 0.3) is 11.1 Å². The second kappa shape index (κ2) is 70.3. The molecule has 34 nitrogen and oxygen atoms in total. The van der Waals surface area contributed by atoms with Crippen molar-refractivity contribution in [2.24, 2.45) is 0 Å². The van der Waals surface area contributed by atoms with Crippen LogP contribution in [0.2, 0.25) is 0 Å². The van der Waals surface area contributed by atoms with Crippen molar-refractivity contribution in [3.05, 3.63) is 59.7 Å². The second-order valence-electron chi connectivity index (χ2n) is 41.3. The summed E-state index contributed by atoms with van der Waals surface area (Å²) in [5.74, 6) is -5.29. The van der Waals surface area contributed by atoms with Gasteiger partial charge in [0.05, 0.1) is 0 Å². The Morgan fingerprint density at radius 1 is 0.259 bits per heavy atom. The molecule has 790 valence electrons. The monoisotopic (exact) mass is 1960 g/mol. The number of carbonyl (C=O) groups is 14. The molecule has 139 heavy (non-hydrogen) atoms. The van der Waals surface area contributed by atoms with E-state index in [-0.39, 0.29) is 131 Å². The molecular formula is C105H180N14O20. The maximum atomic E-state index is 15.5. The van der Waals surface area contributed by atoms with E-state index in [2.05, 4.69) is 98.7 Å². The molecule has 0 radical (unpaired) electrons. The maximum absolute atomic E-state index is 15.5. The Kier molecular flexibility index (Phi) is 62.6. The molecule has 0 aliphatic heterocycles. The average molecular weight is 1960 g/mol. The lowest BCUT2D eigenvalue weighted by Gasteiger charge is -2.27. The van der Waals surface area contributed by atoms with E-state index in [1.54, 1.807) is 20.8 Å². The standard InChI is InChI=1S/C105H180N14O20/c1-17-111-87(120)55-21-18-34-74-113-95(128)82(50-28-36-63-106-68-41-58-90(123)135-101(2,3)4)116-97(130)84(52-30-38-65-108-70-43-60-92(125)137-103(8,9)10)118-99(132)86(54-32-40-67-110-72-45-62-94(127)139-105(14,15)16)119-98(131)85(53-31-39-66-109-71-44-61-93(126)138-104(11,12)13)117-96(129)83(51-29-37-64-107-69-42-59-91(124)136-102(5,6)7)115-89(122)57-23-20-33-73-112-88(121)56-22-19-35-75-114-100(133)134-76-81-79-48-26-24-46-77(79)78-47-25-27-49-80(78)81/h24-27,46-49,81-86,106-110H,17-23,28-45,50-76H2,1-16H3,(H,111,120)(H,112,121)(H,113,128)(H,114,133)(H,115,122)(H,116,130)(H,117,129)(H,118,132)(H,119,131). The summed E-state index contributed by atoms with van der Waals surface area (Å²) < 4.78 is 33.2. The number of hydrogen-bond acceptors (Lipinski definition) is 25. The summed E-state index contributed by atoms with van der Waals surface area (Å²) in [6, 6.07) is 10.3. The number of hydrogen-bond donors (Lipinski definition) is 14. The lowest BCUT2D eigenvalue weighted by atomic mass is 9.98. The van der Waals surface area contributed by atoms with Crippen molar-refractivity contribution in [3.8, 4) is 11.1 Å². The van der Waals surface area contributed by atoms with Gasteiger partial charge in [0, 0.05) is 83.5 Å². The van der Waals surface area contributed by atoms with Gasteiger partial charge in [0.1, 0.15) is 64.8 Å². The van der Waals surface area contributed by atoms with Gasteiger partial charge >= 0.3 is 35.9 Å². The number of alkyl carbamates (subject to hydrolysis) is 1. The van der Waals surface area contributed by atoms with Gasteiger partial charge in [-0.25, -0.2) is 4.79 Å². The summed E-state index contributed by atoms with van der Waals surface area (Å²) in [5, 5.41) is 43.4. The largest absolute Gasteiger partial charge is 0.460 e. The van der Waals surface area contributed by atoms with Crippen LogP contribution in [-0.2, 0) is 90.8 Å². The molecule has 1 aliphatic rings. The molecule has 14 N–H and O–H groups in total. The summed E-state index contributed by atoms with van der Waals surface area (Å²) in [6.45, 7) is 35.9. The van der Waals surface area contributed by atoms with Crippen LogP contribution in [0, 0.1) is 0 Å². The summed E-state index contributed by atoms with van der Waals surface area (Å²) in [6.07, 6.45) is 14.8. The molecule has 5 unspecified atom stereocenters. The van der Waals surface area contributed by atoms with Gasteiger partial charge in [-0.3, -0.25) is 62.3 Å². The highest BCUT2D eigenvalue weighted by Gasteiger charge is 2.35. The van der Waals surface area contributed by atoms with Gasteiger partial charge in [-0.05, 0) is 365 Å². The van der Waals surface area contributed by atoms with E-state index in [0.29, 0.717) is 252 Å². The summed E-state index contributed by atoms with van der Waals surface area (Å²) in [7, 11) is 0. The van der Waals surface area contributed by atoms with Gasteiger partial charge in [-0.15, -0.1) is 0 Å². The van der Waals surface area contributed by atoms with E-state index in [1.807, 2.05) is 114 Å². The highest BCUT2D eigenvalue weighted by atomic mass is 16.6. The zero-order valence-electron chi connectivity index (χ0n) is 87.5. The zero-order chi connectivity index (χ0) is 103. The van der Waals surface area contributed by atoms with E-state index < -0.39 is 99.8 Å². The van der Waals surface area contributed by atoms with Gasteiger partial charge in [0.2, 0.25) is 47.3 Å². The van der Waals surface area contributed by atoms with Gasteiger partial charge in [-0.1, -0.05) is 67.8 Å². The van der Waals surface area contributed by atoms with Gasteiger partial charge < -0.3 is 103 Å². The predicted octanol–water partition coefficient (Wildman–Crippen LogP) is 12.4. The Balaban J connectivity index is 1.97. The van der Waals surface area contributed by atoms with E-state index in [9.17, 15) is 47.9 Å². The SMILES string of the molecule is CCNC(=O)CCCCCNC(=O)C(CCCCNCCCC(=O)OC(C)(C)C)NC(=O)C(CCCCNCCCC(=O)OC(C)(C)C)NC(=O)C(CCCCNCCCC(=O)OC(C)(C)C)NC(=O)C(CCCCNCCCC(=O)OC(C)(C)C)NC(=O)C(CCCCNCCCC(=O)OC(C)(C)C)NC(=O)CCCCCNC(=O)CCCCCNC(=O)OCC1c2ccccc2-c2ccccc21. The third-order valence-corrected chi connectivity index (χ3v) is 22.3. The lowest BCUT2D eigenvalue weighted by Crippen LogP contribution is -2.59. The Hall–Kier alpha value is -9.38. The Morgan fingerprint density at radius 2 is 0.511 bits per heavy atom. The highest BCUT2D eigenvalue weighted by Crippen LogP contribution is 2.44. The molecule has 0 spiro atoms. The second-order valence-corrected chi connectivity index (χ2v) is 41.3. The molecule has 0 bridgehead atoms. The molecule has 0 saturated carbocycles. The van der Waals surface area contributed by atoms with Crippen LogP contribution in [-0.4, -0.2) is 240 Å². The fraction of sp³-hybridized carbons (Fsp3) is 0.752. The summed E-state index contributed by atoms with van der Waals surface area (Å²) in [5.41, 5.74) is 1.43. The fourth-order valence-electron chi connectivity index (χ4n) is 15.6. The van der Waals surface area contributed by atoms with Crippen LogP contribution >= 0.6 is 0 Å². The average Bonchev–Trinajstić information content (AvgIpc) is 1.61. The molecule has 3 rings (SSSR count). The van der Waals surface area contributed by atoms with Crippen molar-refractivity contribution >= 4 is 83.2 Å². The highest BCUT2D eigenvalue weighted by molar-refractivity contribution is 5.96. The minimum absolute atomic E-state index is 0.0482. The van der Waals surface area contributed by atoms with E-state index in [0.717, 1.165) is 22.3 Å². The first-order valence-corrected chi connectivity index (χ1v) is 51.9. The smallest absolute Gasteiger partial charge is 0.407 e. The minimum atomic E-state index is -1.30. The molecule has 0 heterocycles. The van der Waals surface area contributed by atoms with Crippen molar-refractivity contribution in [1.29, 1.82) is 0 Å². The number of benzene rings is 2. The Labute approximate surface area is 830 Å². The fourth-order valence-corrected chi connectivity index (χ4v) is 15.6. The molecule has 34 heteroatoms. The number of nitrogens with one attached hydrogen (secondary N) is 14. The molecule has 0 saturated heterocycles. The molecule has 2 aromatic rings. The lowest BCUT2D eigenvalue weighted by molar-refractivity contribution is -0.156. The zero-order valence-corrected chi connectivity index (χ0v) is 87.5.